The standard InChI is InChI=1S/C18H33N5S/c1-15(2)13-16-20-17(24-21-16)19-14-18(7-11-22(3)12-8-18)23-9-5-4-6-10-23/h15H,4-14H2,1-3H3,(H,19,20,21). The van der Waals surface area contributed by atoms with Crippen molar-refractivity contribution in [1.29, 1.82) is 0 Å². The average Bonchev–Trinajstić information content (AvgIpc) is 3.02. The van der Waals surface area contributed by atoms with Crippen molar-refractivity contribution in [3.8, 4) is 0 Å². The van der Waals surface area contributed by atoms with Crippen LogP contribution in [0.5, 0.6) is 0 Å². The van der Waals surface area contributed by atoms with Gasteiger partial charge in [-0.15, -0.1) is 0 Å². The van der Waals surface area contributed by atoms with Crippen molar-refractivity contribution in [2.45, 2.75) is 57.9 Å². The summed E-state index contributed by atoms with van der Waals surface area (Å²) in [4.78, 5) is 9.93. The topological polar surface area (TPSA) is 44.3 Å². The second-order valence-corrected chi connectivity index (χ2v) is 8.79. The van der Waals surface area contributed by atoms with Crippen molar-refractivity contribution in [2.24, 2.45) is 5.92 Å². The van der Waals surface area contributed by atoms with Crippen LogP contribution in [0.25, 0.3) is 0 Å². The van der Waals surface area contributed by atoms with E-state index in [2.05, 4.69) is 40.4 Å². The predicted octanol–water partition coefficient (Wildman–Crippen LogP) is 3.10. The summed E-state index contributed by atoms with van der Waals surface area (Å²) in [5.41, 5.74) is 0.302. The molecule has 2 aliphatic heterocycles. The molecule has 2 aliphatic rings. The van der Waals surface area contributed by atoms with Crippen molar-refractivity contribution in [1.82, 2.24) is 19.2 Å². The molecule has 6 heteroatoms. The minimum Gasteiger partial charge on any atom is -0.358 e. The van der Waals surface area contributed by atoms with E-state index in [9.17, 15) is 0 Å². The van der Waals surface area contributed by atoms with Gasteiger partial charge in [0.2, 0.25) is 5.13 Å². The maximum atomic E-state index is 4.69. The van der Waals surface area contributed by atoms with E-state index in [0.717, 1.165) is 23.9 Å². The van der Waals surface area contributed by atoms with E-state index >= 15 is 0 Å². The summed E-state index contributed by atoms with van der Waals surface area (Å²) < 4.78 is 4.51. The van der Waals surface area contributed by atoms with E-state index in [0.29, 0.717) is 11.5 Å². The molecule has 0 aromatic carbocycles. The average molecular weight is 352 g/mol. The summed E-state index contributed by atoms with van der Waals surface area (Å²) in [5.74, 6) is 1.61. The van der Waals surface area contributed by atoms with Gasteiger partial charge in [-0.1, -0.05) is 20.3 Å². The zero-order valence-electron chi connectivity index (χ0n) is 15.6. The molecule has 0 radical (unpaired) electrons. The normalized spacial score (nSPS) is 22.8. The van der Waals surface area contributed by atoms with Crippen LogP contribution in [0.2, 0.25) is 0 Å². The summed E-state index contributed by atoms with van der Waals surface area (Å²) in [6.07, 6.45) is 7.60. The number of aromatic nitrogens is 2. The van der Waals surface area contributed by atoms with E-state index in [-0.39, 0.29) is 0 Å². The lowest BCUT2D eigenvalue weighted by atomic mass is 9.84. The van der Waals surface area contributed by atoms with Gasteiger partial charge in [0.25, 0.3) is 0 Å². The van der Waals surface area contributed by atoms with Gasteiger partial charge in [0.15, 0.2) is 0 Å². The molecule has 1 N–H and O–H groups in total. The highest BCUT2D eigenvalue weighted by molar-refractivity contribution is 7.09. The lowest BCUT2D eigenvalue weighted by Gasteiger charge is -2.50. The molecule has 1 aromatic rings. The maximum absolute atomic E-state index is 4.69. The van der Waals surface area contributed by atoms with E-state index in [4.69, 9.17) is 4.98 Å². The van der Waals surface area contributed by atoms with Crippen LogP contribution in [-0.4, -0.2) is 64.5 Å². The number of nitrogens with one attached hydrogen (secondary N) is 1. The van der Waals surface area contributed by atoms with Gasteiger partial charge in [0.05, 0.1) is 0 Å². The van der Waals surface area contributed by atoms with Crippen molar-refractivity contribution >= 4 is 16.7 Å². The first-order valence-electron chi connectivity index (χ1n) is 9.57. The van der Waals surface area contributed by atoms with E-state index in [1.54, 1.807) is 0 Å². The Bertz CT molecular complexity index is 501. The molecule has 0 saturated carbocycles. The monoisotopic (exact) mass is 351 g/mol. The highest BCUT2D eigenvalue weighted by atomic mass is 32.1. The van der Waals surface area contributed by atoms with Crippen molar-refractivity contribution in [3.63, 3.8) is 0 Å². The van der Waals surface area contributed by atoms with Crippen molar-refractivity contribution < 1.29 is 0 Å². The third-order valence-corrected chi connectivity index (χ3v) is 6.28. The molecule has 0 aliphatic carbocycles. The minimum absolute atomic E-state index is 0.302. The molecule has 0 unspecified atom stereocenters. The van der Waals surface area contributed by atoms with Gasteiger partial charge in [-0.05, 0) is 64.8 Å². The summed E-state index contributed by atoms with van der Waals surface area (Å²) in [6, 6.07) is 0. The first-order chi connectivity index (χ1) is 11.6. The largest absolute Gasteiger partial charge is 0.358 e. The van der Waals surface area contributed by atoms with Crippen molar-refractivity contribution in [2.75, 3.05) is 45.1 Å². The van der Waals surface area contributed by atoms with Gasteiger partial charge in [-0.25, -0.2) is 4.98 Å². The SMILES string of the molecule is CC(C)Cc1nsc(NCC2(N3CCCCC3)CCN(C)CC2)n1. The molecule has 0 bridgehead atoms. The van der Waals surface area contributed by atoms with Crippen LogP contribution in [-0.2, 0) is 6.42 Å². The lowest BCUT2D eigenvalue weighted by Crippen LogP contribution is -2.59. The molecule has 24 heavy (non-hydrogen) atoms. The van der Waals surface area contributed by atoms with Crippen LogP contribution in [0.4, 0.5) is 5.13 Å². The fraction of sp³-hybridized carbons (Fsp3) is 0.889. The fourth-order valence-electron chi connectivity index (χ4n) is 4.02. The van der Waals surface area contributed by atoms with Gasteiger partial charge >= 0.3 is 0 Å². The van der Waals surface area contributed by atoms with E-state index in [1.807, 2.05) is 0 Å². The van der Waals surface area contributed by atoms with Crippen molar-refractivity contribution in [3.05, 3.63) is 5.82 Å². The molecule has 1 aromatic heterocycles. The van der Waals surface area contributed by atoms with Gasteiger partial charge in [-0.3, -0.25) is 4.90 Å². The molecule has 3 heterocycles. The molecular weight excluding hydrogens is 318 g/mol. The van der Waals surface area contributed by atoms with Crippen LogP contribution in [0.15, 0.2) is 0 Å². The summed E-state index contributed by atoms with van der Waals surface area (Å²) >= 11 is 1.52. The summed E-state index contributed by atoms with van der Waals surface area (Å²) in [6.45, 7) is 10.4. The number of hydrogen-bond acceptors (Lipinski definition) is 6. The second kappa shape index (κ2) is 8.11. The first kappa shape index (κ1) is 18.1. The molecule has 0 amide bonds. The number of piperidine rings is 2. The molecule has 2 saturated heterocycles. The van der Waals surface area contributed by atoms with E-state index < -0.39 is 0 Å². The van der Waals surface area contributed by atoms with E-state index in [1.165, 1.54) is 69.8 Å². The van der Waals surface area contributed by atoms with Gasteiger partial charge in [-0.2, -0.15) is 4.37 Å². The smallest absolute Gasteiger partial charge is 0.202 e. The molecule has 136 valence electrons. The van der Waals surface area contributed by atoms with Crippen LogP contribution < -0.4 is 5.32 Å². The Kier molecular flexibility index (Phi) is 6.11. The number of likely N-dealkylation sites (tertiary alicyclic amines) is 2. The third kappa shape index (κ3) is 4.46. The van der Waals surface area contributed by atoms with Crippen LogP contribution in [0.3, 0.4) is 0 Å². The Morgan fingerprint density at radius 2 is 1.83 bits per heavy atom. The van der Waals surface area contributed by atoms with Crippen LogP contribution in [0.1, 0.15) is 51.8 Å². The van der Waals surface area contributed by atoms with Crippen LogP contribution in [0, 0.1) is 5.92 Å². The van der Waals surface area contributed by atoms with Crippen LogP contribution >= 0.6 is 11.5 Å². The number of nitrogens with zero attached hydrogens (tertiary/aromatic N) is 4. The number of hydrogen-bond donors (Lipinski definition) is 1. The van der Waals surface area contributed by atoms with Gasteiger partial charge in [0, 0.05) is 30.0 Å². The molecule has 5 nitrogen and oxygen atoms in total. The number of anilines is 1. The minimum atomic E-state index is 0.302. The summed E-state index contributed by atoms with van der Waals surface area (Å²) in [7, 11) is 2.25. The first-order valence-corrected chi connectivity index (χ1v) is 10.3. The molecule has 3 rings (SSSR count). The Balaban J connectivity index is 1.64. The third-order valence-electron chi connectivity index (χ3n) is 5.57. The fourth-order valence-corrected chi connectivity index (χ4v) is 4.61. The zero-order valence-corrected chi connectivity index (χ0v) is 16.4. The molecule has 0 spiro atoms. The summed E-state index contributed by atoms with van der Waals surface area (Å²) in [5, 5.41) is 4.65. The quantitative estimate of drug-likeness (QED) is 0.853. The Labute approximate surface area is 151 Å². The maximum Gasteiger partial charge on any atom is 0.202 e. The molecular formula is C18H33N5S. The Morgan fingerprint density at radius 1 is 1.12 bits per heavy atom. The second-order valence-electron chi connectivity index (χ2n) is 8.04. The predicted molar refractivity (Wildman–Crippen MR) is 102 cm³/mol. The highest BCUT2D eigenvalue weighted by Crippen LogP contribution is 2.32. The molecule has 2 fully saturated rings. The lowest BCUT2D eigenvalue weighted by molar-refractivity contribution is 0.0235. The molecule has 0 atom stereocenters. The van der Waals surface area contributed by atoms with Gasteiger partial charge in [0.1, 0.15) is 5.82 Å². The van der Waals surface area contributed by atoms with Gasteiger partial charge < -0.3 is 10.2 Å². The zero-order chi connectivity index (χ0) is 17.0. The highest BCUT2D eigenvalue weighted by Gasteiger charge is 2.39. The number of rotatable bonds is 6. The Morgan fingerprint density at radius 3 is 2.50 bits per heavy atom. The Hall–Kier alpha value is -0.720.